The third-order valence-electron chi connectivity index (χ3n) is 1.78. The molecule has 0 aliphatic heterocycles. The van der Waals surface area contributed by atoms with Crippen molar-refractivity contribution in [1.29, 1.82) is 0 Å². The van der Waals surface area contributed by atoms with E-state index in [9.17, 15) is 9.59 Å². The highest BCUT2D eigenvalue weighted by Crippen LogP contribution is 2.15. The first-order chi connectivity index (χ1) is 8.13. The van der Waals surface area contributed by atoms with Gasteiger partial charge in [-0.05, 0) is 12.1 Å². The third kappa shape index (κ3) is 4.69. The normalized spacial score (nSPS) is 9.65. The number of hydrogen-bond donors (Lipinski definition) is 2. The molecular weight excluding hydrogens is 240 g/mol. The number of aromatic carboxylic acids is 1. The van der Waals surface area contributed by atoms with Crippen LogP contribution in [0, 0.1) is 0 Å². The van der Waals surface area contributed by atoms with Crippen molar-refractivity contribution in [3.63, 3.8) is 0 Å². The zero-order chi connectivity index (χ0) is 12.7. The molecule has 0 radical (unpaired) electrons. The highest BCUT2D eigenvalue weighted by molar-refractivity contribution is 7.99. The maximum absolute atomic E-state index is 11.3. The van der Waals surface area contributed by atoms with Crippen molar-refractivity contribution in [3.8, 4) is 0 Å². The smallest absolute Gasteiger partial charge is 0.335 e. The average Bonchev–Trinajstić information content (AvgIpc) is 2.34. The van der Waals surface area contributed by atoms with Gasteiger partial charge in [-0.3, -0.25) is 4.79 Å². The van der Waals surface area contributed by atoms with Crippen molar-refractivity contribution in [2.24, 2.45) is 0 Å². The van der Waals surface area contributed by atoms with Crippen molar-refractivity contribution in [2.75, 3.05) is 12.3 Å². The zero-order valence-corrected chi connectivity index (χ0v) is 9.87. The van der Waals surface area contributed by atoms with Crippen LogP contribution in [0.15, 0.2) is 36.0 Å². The summed E-state index contributed by atoms with van der Waals surface area (Å²) >= 11 is 1.19. The van der Waals surface area contributed by atoms with Crippen LogP contribution in [0.4, 0.5) is 0 Å². The van der Waals surface area contributed by atoms with E-state index in [1.807, 2.05) is 0 Å². The zero-order valence-electron chi connectivity index (χ0n) is 9.05. The standard InChI is InChI=1S/C11H12N2O3S/c1-2-4-12-9(14)7-17-10-6-8(11(15)16)3-5-13-10/h2-3,5-6H,1,4,7H2,(H,12,14)(H,15,16). The van der Waals surface area contributed by atoms with E-state index < -0.39 is 5.97 Å². The largest absolute Gasteiger partial charge is 0.478 e. The monoisotopic (exact) mass is 252 g/mol. The molecule has 0 saturated heterocycles. The van der Waals surface area contributed by atoms with Crippen LogP contribution in [0.3, 0.4) is 0 Å². The molecule has 0 atom stereocenters. The van der Waals surface area contributed by atoms with Crippen molar-refractivity contribution in [1.82, 2.24) is 10.3 Å². The number of carboxylic acid groups (broad SMARTS) is 1. The lowest BCUT2D eigenvalue weighted by Gasteiger charge is -2.02. The second-order valence-electron chi connectivity index (χ2n) is 3.07. The number of amides is 1. The number of pyridine rings is 1. The van der Waals surface area contributed by atoms with Crippen molar-refractivity contribution < 1.29 is 14.7 Å². The van der Waals surface area contributed by atoms with Gasteiger partial charge in [0, 0.05) is 12.7 Å². The van der Waals surface area contributed by atoms with Gasteiger partial charge in [-0.1, -0.05) is 17.8 Å². The number of rotatable bonds is 6. The second-order valence-corrected chi connectivity index (χ2v) is 4.06. The summed E-state index contributed by atoms with van der Waals surface area (Å²) in [6.45, 7) is 3.90. The summed E-state index contributed by atoms with van der Waals surface area (Å²) in [5.41, 5.74) is 0.161. The number of thioether (sulfide) groups is 1. The fourth-order valence-electron chi connectivity index (χ4n) is 0.998. The van der Waals surface area contributed by atoms with E-state index in [0.29, 0.717) is 11.6 Å². The number of hydrogen-bond acceptors (Lipinski definition) is 4. The third-order valence-corrected chi connectivity index (χ3v) is 2.70. The van der Waals surface area contributed by atoms with Crippen LogP contribution in [-0.2, 0) is 4.79 Å². The number of carboxylic acids is 1. The molecule has 0 aliphatic carbocycles. The van der Waals surface area contributed by atoms with Gasteiger partial charge in [0.2, 0.25) is 5.91 Å². The summed E-state index contributed by atoms with van der Waals surface area (Å²) in [6.07, 6.45) is 3.00. The van der Waals surface area contributed by atoms with E-state index in [1.54, 1.807) is 6.08 Å². The summed E-state index contributed by atoms with van der Waals surface area (Å²) < 4.78 is 0. The number of aromatic nitrogens is 1. The summed E-state index contributed by atoms with van der Waals surface area (Å²) in [5, 5.41) is 11.9. The van der Waals surface area contributed by atoms with E-state index in [4.69, 9.17) is 5.11 Å². The fraction of sp³-hybridized carbons (Fsp3) is 0.182. The van der Waals surface area contributed by atoms with Crippen LogP contribution in [0.2, 0.25) is 0 Å². The Morgan fingerprint density at radius 3 is 3.00 bits per heavy atom. The van der Waals surface area contributed by atoms with Gasteiger partial charge in [0.05, 0.1) is 16.3 Å². The quantitative estimate of drug-likeness (QED) is 0.587. The van der Waals surface area contributed by atoms with E-state index >= 15 is 0 Å². The summed E-state index contributed by atoms with van der Waals surface area (Å²) in [6, 6.07) is 2.85. The topological polar surface area (TPSA) is 79.3 Å². The van der Waals surface area contributed by atoms with Crippen LogP contribution in [0.1, 0.15) is 10.4 Å². The molecule has 1 aromatic rings. The summed E-state index contributed by atoms with van der Waals surface area (Å²) in [5.74, 6) is -0.952. The lowest BCUT2D eigenvalue weighted by Crippen LogP contribution is -2.24. The van der Waals surface area contributed by atoms with Crippen LogP contribution in [0.5, 0.6) is 0 Å². The first-order valence-corrected chi connectivity index (χ1v) is 5.82. The molecule has 6 heteroatoms. The molecule has 0 fully saturated rings. The Morgan fingerprint density at radius 2 is 2.35 bits per heavy atom. The molecule has 0 aromatic carbocycles. The molecule has 5 nitrogen and oxygen atoms in total. The van der Waals surface area contributed by atoms with Gasteiger partial charge in [-0.2, -0.15) is 0 Å². The Morgan fingerprint density at radius 1 is 1.59 bits per heavy atom. The molecule has 1 heterocycles. The highest BCUT2D eigenvalue weighted by atomic mass is 32.2. The molecule has 0 unspecified atom stereocenters. The Labute approximate surface area is 103 Å². The Kier molecular flexibility index (Phi) is 5.22. The minimum atomic E-state index is -1.01. The van der Waals surface area contributed by atoms with Gasteiger partial charge in [0.25, 0.3) is 0 Å². The highest BCUT2D eigenvalue weighted by Gasteiger charge is 2.06. The number of nitrogens with one attached hydrogen (secondary N) is 1. The molecule has 2 N–H and O–H groups in total. The second kappa shape index (κ2) is 6.70. The summed E-state index contributed by atoms with van der Waals surface area (Å²) in [7, 11) is 0. The molecule has 1 aromatic heterocycles. The van der Waals surface area contributed by atoms with Crippen molar-refractivity contribution >= 4 is 23.6 Å². The Hall–Kier alpha value is -1.82. The van der Waals surface area contributed by atoms with Gasteiger partial charge >= 0.3 is 5.97 Å². The molecular formula is C11H12N2O3S. The van der Waals surface area contributed by atoms with Crippen LogP contribution < -0.4 is 5.32 Å². The first kappa shape index (κ1) is 13.2. The predicted molar refractivity (Wildman–Crippen MR) is 65.1 cm³/mol. The van der Waals surface area contributed by atoms with Crippen LogP contribution in [0.25, 0.3) is 0 Å². The van der Waals surface area contributed by atoms with Gasteiger partial charge < -0.3 is 10.4 Å². The average molecular weight is 252 g/mol. The molecule has 0 spiro atoms. The van der Waals surface area contributed by atoms with Gasteiger partial charge in [-0.25, -0.2) is 9.78 Å². The lowest BCUT2D eigenvalue weighted by atomic mass is 10.3. The number of nitrogens with zero attached hydrogens (tertiary/aromatic N) is 1. The summed E-state index contributed by atoms with van der Waals surface area (Å²) in [4.78, 5) is 25.9. The molecule has 90 valence electrons. The minimum absolute atomic E-state index is 0.141. The molecule has 0 aliphatic rings. The maximum atomic E-state index is 11.3. The van der Waals surface area contributed by atoms with E-state index in [0.717, 1.165) is 0 Å². The number of carbonyl (C=O) groups excluding carboxylic acids is 1. The van der Waals surface area contributed by atoms with Gasteiger partial charge in [0.15, 0.2) is 0 Å². The minimum Gasteiger partial charge on any atom is -0.478 e. The molecule has 1 rings (SSSR count). The molecule has 1 amide bonds. The predicted octanol–water partition coefficient (Wildman–Crippen LogP) is 1.17. The van der Waals surface area contributed by atoms with Crippen LogP contribution >= 0.6 is 11.8 Å². The van der Waals surface area contributed by atoms with Crippen molar-refractivity contribution in [2.45, 2.75) is 5.03 Å². The Bertz CT molecular complexity index is 434. The van der Waals surface area contributed by atoms with E-state index in [2.05, 4.69) is 16.9 Å². The van der Waals surface area contributed by atoms with Gasteiger partial charge in [-0.15, -0.1) is 6.58 Å². The molecule has 0 saturated carbocycles. The molecule has 0 bridgehead atoms. The van der Waals surface area contributed by atoms with E-state index in [-0.39, 0.29) is 17.2 Å². The van der Waals surface area contributed by atoms with E-state index in [1.165, 1.54) is 30.1 Å². The van der Waals surface area contributed by atoms with Crippen molar-refractivity contribution in [3.05, 3.63) is 36.5 Å². The lowest BCUT2D eigenvalue weighted by molar-refractivity contribution is -0.118. The molecule has 17 heavy (non-hydrogen) atoms. The first-order valence-electron chi connectivity index (χ1n) is 4.83. The maximum Gasteiger partial charge on any atom is 0.335 e. The van der Waals surface area contributed by atoms with Crippen LogP contribution in [-0.4, -0.2) is 34.3 Å². The Balaban J connectivity index is 2.51. The number of carbonyl (C=O) groups is 2. The SMILES string of the molecule is C=CCNC(=O)CSc1cc(C(=O)O)ccn1. The van der Waals surface area contributed by atoms with Gasteiger partial charge in [0.1, 0.15) is 0 Å². The fourth-order valence-corrected chi connectivity index (χ4v) is 1.72.